The van der Waals surface area contributed by atoms with Crippen LogP contribution in [-0.4, -0.2) is 68.7 Å². The van der Waals surface area contributed by atoms with Gasteiger partial charge in [-0.3, -0.25) is 4.79 Å². The number of hydrogen-bond donors (Lipinski definition) is 3. The van der Waals surface area contributed by atoms with Gasteiger partial charge >= 0.3 is 0 Å². The molecule has 2 aliphatic heterocycles. The lowest BCUT2D eigenvalue weighted by molar-refractivity contribution is -0.119. The van der Waals surface area contributed by atoms with Gasteiger partial charge in [-0.2, -0.15) is 0 Å². The SMILES string of the molecule is C=C(CN(CC(=C)N(C)N1Cc2ccc(F)cc2C1)c1cc2c(cc1S)N(CC(F)F)C(=O)CC2)NCCNCC. The Hall–Kier alpha value is -3.15. The van der Waals surface area contributed by atoms with Crippen LogP contribution in [0.5, 0.6) is 0 Å². The van der Waals surface area contributed by atoms with E-state index < -0.39 is 13.0 Å². The molecule has 7 nitrogen and oxygen atoms in total. The second-order valence-corrected chi connectivity index (χ2v) is 10.9. The summed E-state index contributed by atoms with van der Waals surface area (Å²) in [6.07, 6.45) is -1.99. The second kappa shape index (κ2) is 13.7. The molecule has 0 aliphatic carbocycles. The van der Waals surface area contributed by atoms with Gasteiger partial charge in [0.1, 0.15) is 5.82 Å². The number of anilines is 2. The van der Waals surface area contributed by atoms with E-state index in [2.05, 4.69) is 33.7 Å². The standard InChI is InChI=1S/C30H39F3N6OS/c1-5-34-10-11-35-20(2)15-37(16-21(3)36(4)38-17-23-6-8-25(31)12-24(23)18-38)27-13-22-7-9-30(40)39(19-29(32)33)26(22)14-28(27)41/h6,8,12-14,29,34-35,41H,2-3,5,7,9-11,15-19H2,1,4H3. The molecular weight excluding hydrogens is 549 g/mol. The molecule has 2 aromatic rings. The Bertz CT molecular complexity index is 1290. The van der Waals surface area contributed by atoms with Crippen molar-refractivity contribution in [1.29, 1.82) is 0 Å². The van der Waals surface area contributed by atoms with Gasteiger partial charge in [-0.05, 0) is 53.9 Å². The highest BCUT2D eigenvalue weighted by Crippen LogP contribution is 2.37. The second-order valence-electron chi connectivity index (χ2n) is 10.4. The number of thiol groups is 1. The first-order valence-electron chi connectivity index (χ1n) is 13.8. The van der Waals surface area contributed by atoms with Crippen molar-refractivity contribution >= 4 is 29.9 Å². The summed E-state index contributed by atoms with van der Waals surface area (Å²) < 4.78 is 40.3. The van der Waals surface area contributed by atoms with Crippen LogP contribution in [0.25, 0.3) is 0 Å². The summed E-state index contributed by atoms with van der Waals surface area (Å²) in [6.45, 7) is 14.5. The van der Waals surface area contributed by atoms with E-state index in [9.17, 15) is 18.0 Å². The maximum absolute atomic E-state index is 13.8. The van der Waals surface area contributed by atoms with Gasteiger partial charge in [-0.15, -0.1) is 12.6 Å². The van der Waals surface area contributed by atoms with Crippen molar-refractivity contribution in [3.63, 3.8) is 0 Å². The molecule has 41 heavy (non-hydrogen) atoms. The molecule has 2 heterocycles. The van der Waals surface area contributed by atoms with Crippen LogP contribution in [0.15, 0.2) is 59.8 Å². The number of nitrogens with one attached hydrogen (secondary N) is 2. The molecule has 0 bridgehead atoms. The number of carbonyl (C=O) groups excluding carboxylic acids is 1. The number of carbonyl (C=O) groups is 1. The molecule has 1 amide bonds. The number of alkyl halides is 2. The largest absolute Gasteiger partial charge is 0.386 e. The quantitative estimate of drug-likeness (QED) is 0.223. The predicted molar refractivity (Wildman–Crippen MR) is 161 cm³/mol. The lowest BCUT2D eigenvalue weighted by Gasteiger charge is -2.36. The van der Waals surface area contributed by atoms with Crippen LogP contribution in [0, 0.1) is 5.82 Å². The van der Waals surface area contributed by atoms with Crippen LogP contribution in [0.1, 0.15) is 30.0 Å². The number of benzene rings is 2. The minimum absolute atomic E-state index is 0.176. The van der Waals surface area contributed by atoms with Crippen LogP contribution in [0.4, 0.5) is 24.5 Å². The predicted octanol–water partition coefficient (Wildman–Crippen LogP) is 4.55. The van der Waals surface area contributed by atoms with E-state index in [-0.39, 0.29) is 18.1 Å². The van der Waals surface area contributed by atoms with Crippen LogP contribution in [-0.2, 0) is 24.3 Å². The summed E-state index contributed by atoms with van der Waals surface area (Å²) >= 11 is 4.74. The topological polar surface area (TPSA) is 54.1 Å². The van der Waals surface area contributed by atoms with E-state index in [0.717, 1.165) is 46.9 Å². The fraction of sp³-hybridized carbons (Fsp3) is 0.433. The number of aryl methyl sites for hydroxylation is 1. The van der Waals surface area contributed by atoms with Crippen LogP contribution in [0.2, 0.25) is 0 Å². The zero-order chi connectivity index (χ0) is 29.7. The summed E-state index contributed by atoms with van der Waals surface area (Å²) in [5, 5.41) is 10.7. The van der Waals surface area contributed by atoms with Gasteiger partial charge < -0.3 is 25.4 Å². The average Bonchev–Trinajstić information content (AvgIpc) is 3.35. The Morgan fingerprint density at radius 1 is 1.07 bits per heavy atom. The third-order valence-corrected chi connectivity index (χ3v) is 7.83. The number of amides is 1. The zero-order valence-electron chi connectivity index (χ0n) is 23.7. The number of hydrazine groups is 1. The Labute approximate surface area is 246 Å². The molecule has 0 saturated heterocycles. The van der Waals surface area contributed by atoms with E-state index in [1.165, 1.54) is 11.0 Å². The summed E-state index contributed by atoms with van der Waals surface area (Å²) in [6, 6.07) is 8.52. The molecule has 0 atom stereocenters. The molecule has 0 radical (unpaired) electrons. The summed E-state index contributed by atoms with van der Waals surface area (Å²) in [4.78, 5) is 16.3. The molecule has 2 N–H and O–H groups in total. The van der Waals surface area contributed by atoms with Crippen molar-refractivity contribution in [2.24, 2.45) is 0 Å². The third-order valence-electron chi connectivity index (χ3n) is 7.47. The molecular formula is C30H39F3N6OS. The van der Waals surface area contributed by atoms with Crippen molar-refractivity contribution in [1.82, 2.24) is 20.7 Å². The number of halogens is 3. The van der Waals surface area contributed by atoms with Crippen molar-refractivity contribution in [3.05, 3.63) is 77.4 Å². The van der Waals surface area contributed by atoms with Gasteiger partial charge in [0.05, 0.1) is 25.3 Å². The maximum Gasteiger partial charge on any atom is 0.256 e. The first-order valence-corrected chi connectivity index (χ1v) is 14.3. The molecule has 0 spiro atoms. The average molecular weight is 589 g/mol. The van der Waals surface area contributed by atoms with Gasteiger partial charge in [0, 0.05) is 61.6 Å². The van der Waals surface area contributed by atoms with Crippen LogP contribution < -0.4 is 20.4 Å². The first-order chi connectivity index (χ1) is 19.6. The third kappa shape index (κ3) is 7.58. The summed E-state index contributed by atoms with van der Waals surface area (Å²) in [5.41, 5.74) is 5.75. The van der Waals surface area contributed by atoms with Gasteiger partial charge in [0.2, 0.25) is 5.91 Å². The highest BCUT2D eigenvalue weighted by molar-refractivity contribution is 7.80. The molecule has 4 rings (SSSR count). The van der Waals surface area contributed by atoms with Gasteiger partial charge in [-0.25, -0.2) is 18.2 Å². The number of hydrogen-bond acceptors (Lipinski definition) is 7. The highest BCUT2D eigenvalue weighted by Gasteiger charge is 2.29. The lowest BCUT2D eigenvalue weighted by Crippen LogP contribution is -2.41. The van der Waals surface area contributed by atoms with E-state index in [4.69, 9.17) is 12.6 Å². The molecule has 11 heteroatoms. The molecule has 0 unspecified atom stereocenters. The monoisotopic (exact) mass is 588 g/mol. The van der Waals surface area contributed by atoms with Crippen molar-refractivity contribution in [2.45, 2.75) is 44.2 Å². The fourth-order valence-electron chi connectivity index (χ4n) is 5.26. The summed E-state index contributed by atoms with van der Waals surface area (Å²) in [5.74, 6) is -0.559. The number of fused-ring (bicyclic) bond motifs is 2. The van der Waals surface area contributed by atoms with Crippen molar-refractivity contribution in [2.75, 3.05) is 56.1 Å². The first kappa shape index (κ1) is 30.8. The van der Waals surface area contributed by atoms with E-state index in [1.54, 1.807) is 12.1 Å². The van der Waals surface area contributed by atoms with Gasteiger partial charge in [0.25, 0.3) is 6.43 Å². The van der Waals surface area contributed by atoms with Crippen LogP contribution >= 0.6 is 12.6 Å². The fourth-order valence-corrected chi connectivity index (χ4v) is 5.59. The maximum atomic E-state index is 13.8. The molecule has 222 valence electrons. The van der Waals surface area contributed by atoms with Crippen molar-refractivity contribution < 1.29 is 18.0 Å². The Morgan fingerprint density at radius 3 is 2.56 bits per heavy atom. The minimum Gasteiger partial charge on any atom is -0.386 e. The van der Waals surface area contributed by atoms with Gasteiger partial charge in [0.15, 0.2) is 0 Å². The van der Waals surface area contributed by atoms with E-state index in [1.807, 2.05) is 31.1 Å². The minimum atomic E-state index is -2.63. The van der Waals surface area contributed by atoms with Crippen LogP contribution in [0.3, 0.4) is 0 Å². The Morgan fingerprint density at radius 2 is 1.83 bits per heavy atom. The smallest absolute Gasteiger partial charge is 0.256 e. The highest BCUT2D eigenvalue weighted by atomic mass is 32.1. The molecule has 0 fully saturated rings. The lowest BCUT2D eigenvalue weighted by atomic mass is 9.99. The zero-order valence-corrected chi connectivity index (χ0v) is 24.6. The molecule has 0 saturated carbocycles. The Kier molecular flexibility index (Phi) is 10.3. The molecule has 0 aromatic heterocycles. The Balaban J connectivity index is 1.56. The van der Waals surface area contributed by atoms with E-state index >= 15 is 0 Å². The molecule has 2 aromatic carbocycles. The number of rotatable bonds is 14. The van der Waals surface area contributed by atoms with Crippen molar-refractivity contribution in [3.8, 4) is 0 Å². The normalized spacial score (nSPS) is 14.7. The molecule has 2 aliphatic rings. The van der Waals surface area contributed by atoms with Gasteiger partial charge in [-0.1, -0.05) is 26.1 Å². The number of nitrogens with zero attached hydrogens (tertiary/aromatic N) is 4. The number of likely N-dealkylation sites (N-methyl/N-ethyl adjacent to an activating group) is 2. The van der Waals surface area contributed by atoms with E-state index in [0.29, 0.717) is 49.7 Å². The summed E-state index contributed by atoms with van der Waals surface area (Å²) in [7, 11) is 1.94.